The zero-order valence-corrected chi connectivity index (χ0v) is 15.3. The van der Waals surface area contributed by atoms with E-state index in [0.717, 1.165) is 17.5 Å². The molecule has 2 N–H and O–H groups in total. The van der Waals surface area contributed by atoms with Crippen molar-refractivity contribution in [3.63, 3.8) is 0 Å². The number of aromatic nitrogens is 2. The van der Waals surface area contributed by atoms with Gasteiger partial charge in [-0.2, -0.15) is 0 Å². The van der Waals surface area contributed by atoms with Gasteiger partial charge in [0.15, 0.2) is 6.04 Å². The SMILES string of the molecule is COC(=O)C(CC1CC1)n1nc(OC)c(-c2cc(Cl)ccc2N)cc1=O. The van der Waals surface area contributed by atoms with Crippen molar-refractivity contribution < 1.29 is 14.3 Å². The van der Waals surface area contributed by atoms with Crippen molar-refractivity contribution in [1.82, 2.24) is 9.78 Å². The molecule has 1 aliphatic carbocycles. The van der Waals surface area contributed by atoms with E-state index >= 15 is 0 Å². The number of nitrogens with zero attached hydrogens (tertiary/aromatic N) is 2. The zero-order chi connectivity index (χ0) is 18.8. The Morgan fingerprint density at radius 2 is 2.08 bits per heavy atom. The fraction of sp³-hybridized carbons (Fsp3) is 0.389. The average molecular weight is 378 g/mol. The molecule has 1 heterocycles. The van der Waals surface area contributed by atoms with Gasteiger partial charge >= 0.3 is 5.97 Å². The van der Waals surface area contributed by atoms with Crippen LogP contribution in [0.2, 0.25) is 5.02 Å². The molecule has 1 aromatic heterocycles. The van der Waals surface area contributed by atoms with Crippen LogP contribution in [0.1, 0.15) is 25.3 Å². The molecule has 1 aromatic carbocycles. The van der Waals surface area contributed by atoms with Crippen molar-refractivity contribution in [3.05, 3.63) is 39.6 Å². The maximum absolute atomic E-state index is 12.7. The highest BCUT2D eigenvalue weighted by atomic mass is 35.5. The molecule has 1 saturated carbocycles. The van der Waals surface area contributed by atoms with E-state index in [2.05, 4.69) is 5.10 Å². The Morgan fingerprint density at radius 3 is 2.69 bits per heavy atom. The van der Waals surface area contributed by atoms with Crippen LogP contribution in [0.25, 0.3) is 11.1 Å². The Kier molecular flexibility index (Phi) is 5.18. The summed E-state index contributed by atoms with van der Waals surface area (Å²) in [6, 6.07) is 5.52. The summed E-state index contributed by atoms with van der Waals surface area (Å²) >= 11 is 6.05. The Bertz CT molecular complexity index is 892. The number of benzene rings is 1. The van der Waals surface area contributed by atoms with E-state index in [0.29, 0.717) is 34.2 Å². The number of hydrogen-bond donors (Lipinski definition) is 1. The van der Waals surface area contributed by atoms with Crippen LogP contribution in [0.5, 0.6) is 5.88 Å². The molecule has 138 valence electrons. The molecular formula is C18H20ClN3O4. The standard InChI is InChI=1S/C18H20ClN3O4/c1-25-17-13(12-8-11(19)5-6-14(12)20)9-16(23)22(21-17)15(18(24)26-2)7-10-3-4-10/h5-6,8-10,15H,3-4,7,20H2,1-2H3. The van der Waals surface area contributed by atoms with Gasteiger partial charge in [-0.05, 0) is 30.5 Å². The molecule has 0 saturated heterocycles. The first kappa shape index (κ1) is 18.3. The van der Waals surface area contributed by atoms with Gasteiger partial charge in [0, 0.05) is 22.3 Å². The minimum Gasteiger partial charge on any atom is -0.480 e. The van der Waals surface area contributed by atoms with Gasteiger partial charge in [0.2, 0.25) is 5.88 Å². The Hall–Kier alpha value is -2.54. The van der Waals surface area contributed by atoms with Crippen molar-refractivity contribution in [3.8, 4) is 17.0 Å². The summed E-state index contributed by atoms with van der Waals surface area (Å²) in [7, 11) is 2.74. The van der Waals surface area contributed by atoms with E-state index in [4.69, 9.17) is 26.8 Å². The van der Waals surface area contributed by atoms with Gasteiger partial charge in [-0.25, -0.2) is 9.48 Å². The molecule has 0 bridgehead atoms. The van der Waals surface area contributed by atoms with Crippen molar-refractivity contribution >= 4 is 23.3 Å². The summed E-state index contributed by atoms with van der Waals surface area (Å²) in [5.74, 6) is 0.0916. The quantitative estimate of drug-likeness (QED) is 0.614. The lowest BCUT2D eigenvalue weighted by Gasteiger charge is -2.18. The predicted octanol–water partition coefficient (Wildman–Crippen LogP) is 2.67. The lowest BCUT2D eigenvalue weighted by Crippen LogP contribution is -2.33. The number of ether oxygens (including phenoxy) is 2. The number of anilines is 1. The highest BCUT2D eigenvalue weighted by Gasteiger charge is 2.33. The van der Waals surface area contributed by atoms with Gasteiger partial charge < -0.3 is 15.2 Å². The van der Waals surface area contributed by atoms with E-state index in [9.17, 15) is 9.59 Å². The van der Waals surface area contributed by atoms with Crippen molar-refractivity contribution in [1.29, 1.82) is 0 Å². The first-order chi connectivity index (χ1) is 12.4. The molecule has 1 aliphatic rings. The van der Waals surface area contributed by atoms with Crippen molar-refractivity contribution in [2.24, 2.45) is 5.92 Å². The molecule has 3 rings (SSSR count). The smallest absolute Gasteiger partial charge is 0.330 e. The van der Waals surface area contributed by atoms with Crippen molar-refractivity contribution in [2.75, 3.05) is 20.0 Å². The molecule has 1 fully saturated rings. The van der Waals surface area contributed by atoms with E-state index in [-0.39, 0.29) is 5.88 Å². The van der Waals surface area contributed by atoms with Crippen LogP contribution < -0.4 is 16.0 Å². The van der Waals surface area contributed by atoms with E-state index in [1.807, 2.05) is 0 Å². The minimum atomic E-state index is -0.778. The number of carbonyl (C=O) groups excluding carboxylic acids is 1. The summed E-state index contributed by atoms with van der Waals surface area (Å²) in [5.41, 5.74) is 6.98. The normalized spacial score (nSPS) is 14.7. The van der Waals surface area contributed by atoms with Crippen LogP contribution in [-0.4, -0.2) is 30.0 Å². The predicted molar refractivity (Wildman–Crippen MR) is 98.3 cm³/mol. The first-order valence-electron chi connectivity index (χ1n) is 8.25. The van der Waals surface area contributed by atoms with Crippen molar-refractivity contribution in [2.45, 2.75) is 25.3 Å². The Balaban J connectivity index is 2.10. The summed E-state index contributed by atoms with van der Waals surface area (Å²) in [4.78, 5) is 24.9. The second-order valence-corrected chi connectivity index (χ2v) is 6.74. The highest BCUT2D eigenvalue weighted by Crippen LogP contribution is 2.38. The van der Waals surface area contributed by atoms with Crippen LogP contribution in [-0.2, 0) is 9.53 Å². The third kappa shape index (κ3) is 3.67. The topological polar surface area (TPSA) is 96.4 Å². The number of rotatable bonds is 6. The van der Waals surface area contributed by atoms with Crippen LogP contribution >= 0.6 is 11.6 Å². The van der Waals surface area contributed by atoms with Crippen LogP contribution in [0, 0.1) is 5.92 Å². The Labute approximate surface area is 155 Å². The van der Waals surface area contributed by atoms with Crippen LogP contribution in [0.4, 0.5) is 5.69 Å². The fourth-order valence-electron chi connectivity index (χ4n) is 2.88. The maximum Gasteiger partial charge on any atom is 0.330 e. The van der Waals surface area contributed by atoms with Gasteiger partial charge in [0.25, 0.3) is 5.56 Å². The lowest BCUT2D eigenvalue weighted by molar-refractivity contribution is -0.145. The summed E-state index contributed by atoms with van der Waals surface area (Å²) in [6.07, 6.45) is 2.59. The zero-order valence-electron chi connectivity index (χ0n) is 14.6. The second-order valence-electron chi connectivity index (χ2n) is 6.30. The first-order valence-corrected chi connectivity index (χ1v) is 8.63. The number of esters is 1. The Morgan fingerprint density at radius 1 is 1.35 bits per heavy atom. The van der Waals surface area contributed by atoms with E-state index in [1.54, 1.807) is 18.2 Å². The largest absolute Gasteiger partial charge is 0.480 e. The van der Waals surface area contributed by atoms with E-state index < -0.39 is 17.6 Å². The maximum atomic E-state index is 12.7. The molecule has 0 amide bonds. The molecule has 1 unspecified atom stereocenters. The molecule has 0 aliphatic heterocycles. The van der Waals surface area contributed by atoms with Gasteiger partial charge in [-0.3, -0.25) is 4.79 Å². The van der Waals surface area contributed by atoms with Crippen LogP contribution in [0.3, 0.4) is 0 Å². The third-order valence-corrected chi connectivity index (χ3v) is 4.68. The number of carbonyl (C=O) groups is 1. The second kappa shape index (κ2) is 7.37. The molecule has 0 radical (unpaired) electrons. The number of nitrogen functional groups attached to an aromatic ring is 1. The summed E-state index contributed by atoms with van der Waals surface area (Å²) in [5, 5.41) is 4.74. The molecule has 8 heteroatoms. The number of nitrogens with two attached hydrogens (primary N) is 1. The monoisotopic (exact) mass is 377 g/mol. The number of methoxy groups -OCH3 is 2. The molecule has 7 nitrogen and oxygen atoms in total. The number of halogens is 1. The van der Waals surface area contributed by atoms with Gasteiger partial charge in [-0.15, -0.1) is 5.10 Å². The summed E-state index contributed by atoms with van der Waals surface area (Å²) < 4.78 is 11.3. The highest BCUT2D eigenvalue weighted by molar-refractivity contribution is 6.31. The third-order valence-electron chi connectivity index (χ3n) is 4.44. The molecule has 1 atom stereocenters. The van der Waals surface area contributed by atoms with Gasteiger partial charge in [-0.1, -0.05) is 24.4 Å². The molecule has 26 heavy (non-hydrogen) atoms. The molecule has 0 spiro atoms. The molecule has 2 aromatic rings. The van der Waals surface area contributed by atoms with E-state index in [1.165, 1.54) is 20.3 Å². The minimum absolute atomic E-state index is 0.184. The average Bonchev–Trinajstić information content (AvgIpc) is 3.45. The van der Waals surface area contributed by atoms with Gasteiger partial charge in [0.1, 0.15) is 0 Å². The van der Waals surface area contributed by atoms with Gasteiger partial charge in [0.05, 0.1) is 19.8 Å². The summed E-state index contributed by atoms with van der Waals surface area (Å²) in [6.45, 7) is 0. The fourth-order valence-corrected chi connectivity index (χ4v) is 3.05. The van der Waals surface area contributed by atoms with Crippen LogP contribution in [0.15, 0.2) is 29.1 Å². The number of hydrogen-bond acceptors (Lipinski definition) is 6. The lowest BCUT2D eigenvalue weighted by atomic mass is 10.1. The molecular weight excluding hydrogens is 358 g/mol.